The van der Waals surface area contributed by atoms with Gasteiger partial charge in [0.15, 0.2) is 0 Å². The van der Waals surface area contributed by atoms with Crippen molar-refractivity contribution >= 4 is 7.82 Å². The van der Waals surface area contributed by atoms with Crippen molar-refractivity contribution in [2.45, 2.75) is 6.42 Å². The molecule has 1 rings (SSSR count). The minimum Gasteiger partial charge on any atom is -0.314 e. The van der Waals surface area contributed by atoms with Gasteiger partial charge in [-0.25, -0.2) is 4.57 Å². The first kappa shape index (κ1) is 12.1. The van der Waals surface area contributed by atoms with Crippen LogP contribution in [0.3, 0.4) is 0 Å². The highest BCUT2D eigenvalue weighted by molar-refractivity contribution is 7.46. The molecule has 0 aromatic rings. The summed E-state index contributed by atoms with van der Waals surface area (Å²) in [6.45, 7) is 4.92. The molecule has 14 heavy (non-hydrogen) atoms. The Labute approximate surface area is 83.5 Å². The Morgan fingerprint density at radius 1 is 1.36 bits per heavy atom. The Kier molecular flexibility index (Phi) is 5.01. The van der Waals surface area contributed by atoms with Crippen LogP contribution in [-0.2, 0) is 9.09 Å². The summed E-state index contributed by atoms with van der Waals surface area (Å²) in [7, 11) is -4.27. The normalized spacial score (nSPS) is 19.9. The number of rotatable bonds is 5. The van der Waals surface area contributed by atoms with E-state index in [2.05, 4.69) is 14.7 Å². The van der Waals surface area contributed by atoms with Crippen LogP contribution in [-0.4, -0.2) is 54.0 Å². The number of nitrogens with one attached hydrogen (secondary N) is 1. The molecule has 0 radical (unpaired) electrons. The van der Waals surface area contributed by atoms with E-state index in [-0.39, 0.29) is 6.61 Å². The largest absolute Gasteiger partial charge is 0.469 e. The fourth-order valence-electron chi connectivity index (χ4n) is 1.41. The van der Waals surface area contributed by atoms with Gasteiger partial charge >= 0.3 is 7.82 Å². The third-order valence-corrected chi connectivity index (χ3v) is 2.61. The van der Waals surface area contributed by atoms with Gasteiger partial charge in [-0.1, -0.05) is 0 Å². The van der Waals surface area contributed by atoms with Gasteiger partial charge in [0.25, 0.3) is 0 Å². The fourth-order valence-corrected chi connectivity index (χ4v) is 1.77. The Balaban J connectivity index is 2.00. The zero-order valence-corrected chi connectivity index (χ0v) is 8.95. The molecule has 1 aliphatic heterocycles. The van der Waals surface area contributed by atoms with Crippen LogP contribution in [0.15, 0.2) is 0 Å². The molecule has 0 saturated carbocycles. The van der Waals surface area contributed by atoms with Crippen LogP contribution in [0, 0.1) is 0 Å². The number of hydrogen-bond donors (Lipinski definition) is 3. The number of phosphoric acid groups is 1. The predicted octanol–water partition coefficient (Wildman–Crippen LogP) is -0.609. The molecule has 0 aromatic carbocycles. The molecule has 84 valence electrons. The monoisotopic (exact) mass is 224 g/mol. The second-order valence-electron chi connectivity index (χ2n) is 3.27. The molecular formula is C7H17N2O4P. The van der Waals surface area contributed by atoms with Crippen LogP contribution in [0.5, 0.6) is 0 Å². The lowest BCUT2D eigenvalue weighted by atomic mass is 10.3. The van der Waals surface area contributed by atoms with E-state index in [0.29, 0.717) is 6.42 Å². The van der Waals surface area contributed by atoms with Crippen molar-refractivity contribution in [2.75, 3.05) is 39.3 Å². The molecule has 1 saturated heterocycles. The van der Waals surface area contributed by atoms with Gasteiger partial charge in [-0.15, -0.1) is 0 Å². The number of nitrogens with zero attached hydrogens (tertiary/aromatic N) is 1. The fraction of sp³-hybridized carbons (Fsp3) is 1.00. The van der Waals surface area contributed by atoms with Gasteiger partial charge in [-0.05, 0) is 6.42 Å². The molecule has 3 N–H and O–H groups in total. The zero-order chi connectivity index (χ0) is 10.4. The van der Waals surface area contributed by atoms with Gasteiger partial charge in [-0.3, -0.25) is 4.52 Å². The molecule has 6 nitrogen and oxygen atoms in total. The zero-order valence-electron chi connectivity index (χ0n) is 8.06. The first-order valence-corrected chi connectivity index (χ1v) is 6.24. The highest BCUT2D eigenvalue weighted by Crippen LogP contribution is 2.35. The molecule has 0 spiro atoms. The lowest BCUT2D eigenvalue weighted by Crippen LogP contribution is -2.43. The second-order valence-corrected chi connectivity index (χ2v) is 4.51. The van der Waals surface area contributed by atoms with Gasteiger partial charge in [0, 0.05) is 32.7 Å². The van der Waals surface area contributed by atoms with Gasteiger partial charge < -0.3 is 20.0 Å². The van der Waals surface area contributed by atoms with Gasteiger partial charge in [-0.2, -0.15) is 0 Å². The van der Waals surface area contributed by atoms with Crippen molar-refractivity contribution in [1.82, 2.24) is 10.2 Å². The van der Waals surface area contributed by atoms with Crippen molar-refractivity contribution in [3.63, 3.8) is 0 Å². The van der Waals surface area contributed by atoms with Crippen LogP contribution in [0.1, 0.15) is 6.42 Å². The minimum atomic E-state index is -4.27. The third-order valence-electron chi connectivity index (χ3n) is 2.09. The van der Waals surface area contributed by atoms with E-state index in [1.165, 1.54) is 0 Å². The molecule has 0 bridgehead atoms. The maximum atomic E-state index is 10.3. The van der Waals surface area contributed by atoms with Crippen molar-refractivity contribution in [1.29, 1.82) is 0 Å². The van der Waals surface area contributed by atoms with E-state index in [1.54, 1.807) is 0 Å². The molecule has 0 amide bonds. The summed E-state index contributed by atoms with van der Waals surface area (Å²) < 4.78 is 14.7. The number of piperazine rings is 1. The predicted molar refractivity (Wildman–Crippen MR) is 51.9 cm³/mol. The van der Waals surface area contributed by atoms with Gasteiger partial charge in [0.05, 0.1) is 6.61 Å². The summed E-state index contributed by atoms with van der Waals surface area (Å²) in [6, 6.07) is 0. The molecule has 0 aliphatic carbocycles. The summed E-state index contributed by atoms with van der Waals surface area (Å²) in [5, 5.41) is 3.23. The third kappa shape index (κ3) is 5.70. The van der Waals surface area contributed by atoms with E-state index in [0.717, 1.165) is 32.7 Å². The topological polar surface area (TPSA) is 82.0 Å². The SMILES string of the molecule is O=P(O)(O)OCCCN1CCNCC1. The van der Waals surface area contributed by atoms with E-state index >= 15 is 0 Å². The molecular weight excluding hydrogens is 207 g/mol. The summed E-state index contributed by atoms with van der Waals surface area (Å²) in [5.74, 6) is 0. The molecule has 1 aliphatic rings. The second kappa shape index (κ2) is 5.80. The maximum Gasteiger partial charge on any atom is 0.469 e. The summed E-state index contributed by atoms with van der Waals surface area (Å²) in [4.78, 5) is 19.1. The van der Waals surface area contributed by atoms with Gasteiger partial charge in [0.1, 0.15) is 0 Å². The first-order chi connectivity index (χ1) is 6.58. The summed E-state index contributed by atoms with van der Waals surface area (Å²) in [5.41, 5.74) is 0. The van der Waals surface area contributed by atoms with E-state index in [1.807, 2.05) is 0 Å². The van der Waals surface area contributed by atoms with Crippen LogP contribution >= 0.6 is 7.82 Å². The molecule has 7 heteroatoms. The quantitative estimate of drug-likeness (QED) is 0.427. The van der Waals surface area contributed by atoms with Crippen LogP contribution in [0.2, 0.25) is 0 Å². The van der Waals surface area contributed by atoms with Crippen LogP contribution < -0.4 is 5.32 Å². The molecule has 1 heterocycles. The van der Waals surface area contributed by atoms with Crippen molar-refractivity contribution in [3.05, 3.63) is 0 Å². The number of phosphoric ester groups is 1. The molecule has 0 aromatic heterocycles. The van der Waals surface area contributed by atoms with Crippen molar-refractivity contribution in [2.24, 2.45) is 0 Å². The average Bonchev–Trinajstić information content (AvgIpc) is 2.13. The standard InChI is InChI=1S/C7H17N2O4P/c10-14(11,12)13-7-1-4-9-5-2-8-3-6-9/h8H,1-7H2,(H2,10,11,12). The molecule has 0 unspecified atom stereocenters. The van der Waals surface area contributed by atoms with Gasteiger partial charge in [0.2, 0.25) is 0 Å². The minimum absolute atomic E-state index is 0.119. The molecule has 1 fully saturated rings. The molecule has 0 atom stereocenters. The highest BCUT2D eigenvalue weighted by atomic mass is 31.2. The summed E-state index contributed by atoms with van der Waals surface area (Å²) in [6.07, 6.45) is 0.658. The first-order valence-electron chi connectivity index (χ1n) is 4.71. The highest BCUT2D eigenvalue weighted by Gasteiger charge is 2.14. The lowest BCUT2D eigenvalue weighted by molar-refractivity contribution is 0.174. The Morgan fingerprint density at radius 3 is 2.57 bits per heavy atom. The van der Waals surface area contributed by atoms with Crippen molar-refractivity contribution in [3.8, 4) is 0 Å². The Bertz CT molecular complexity index is 202. The lowest BCUT2D eigenvalue weighted by Gasteiger charge is -2.26. The van der Waals surface area contributed by atoms with E-state index in [9.17, 15) is 4.57 Å². The summed E-state index contributed by atoms with van der Waals surface area (Å²) >= 11 is 0. The maximum absolute atomic E-state index is 10.3. The van der Waals surface area contributed by atoms with E-state index in [4.69, 9.17) is 9.79 Å². The van der Waals surface area contributed by atoms with Crippen LogP contribution in [0.25, 0.3) is 0 Å². The van der Waals surface area contributed by atoms with Crippen LogP contribution in [0.4, 0.5) is 0 Å². The van der Waals surface area contributed by atoms with Crippen molar-refractivity contribution < 1.29 is 18.9 Å². The smallest absolute Gasteiger partial charge is 0.314 e. The Morgan fingerprint density at radius 2 is 2.00 bits per heavy atom. The Hall–Kier alpha value is 0.0300. The van der Waals surface area contributed by atoms with E-state index < -0.39 is 7.82 Å². The number of hydrogen-bond acceptors (Lipinski definition) is 4. The average molecular weight is 224 g/mol.